The Morgan fingerprint density at radius 3 is 2.83 bits per heavy atom. The zero-order valence-electron chi connectivity index (χ0n) is 13.2. The SMILES string of the molecule is Nc1ncc(-c2cc3c(c(N[C@H]4CCC[C@H]4O)n2)CNC=C3)cn1. The van der Waals surface area contributed by atoms with Crippen molar-refractivity contribution in [1.82, 2.24) is 20.3 Å². The van der Waals surface area contributed by atoms with Crippen LogP contribution in [0.25, 0.3) is 17.3 Å². The van der Waals surface area contributed by atoms with Crippen LogP contribution in [0.4, 0.5) is 11.8 Å². The normalized spacial score (nSPS) is 22.0. The molecule has 1 aliphatic carbocycles. The molecular weight excluding hydrogens is 304 g/mol. The number of nitrogens with one attached hydrogen (secondary N) is 2. The number of rotatable bonds is 3. The van der Waals surface area contributed by atoms with E-state index in [0.29, 0.717) is 6.54 Å². The maximum atomic E-state index is 10.1. The fourth-order valence-corrected chi connectivity index (χ4v) is 3.26. The first-order valence-electron chi connectivity index (χ1n) is 8.17. The van der Waals surface area contributed by atoms with Crippen LogP contribution >= 0.6 is 0 Å². The molecule has 2 aliphatic rings. The monoisotopic (exact) mass is 324 g/mol. The zero-order chi connectivity index (χ0) is 16.5. The van der Waals surface area contributed by atoms with Gasteiger partial charge in [-0.2, -0.15) is 0 Å². The lowest BCUT2D eigenvalue weighted by Crippen LogP contribution is -2.29. The quantitative estimate of drug-likeness (QED) is 0.677. The van der Waals surface area contributed by atoms with Crippen LogP contribution in [0.1, 0.15) is 30.4 Å². The van der Waals surface area contributed by atoms with Crippen molar-refractivity contribution in [3.63, 3.8) is 0 Å². The molecule has 2 aromatic rings. The zero-order valence-corrected chi connectivity index (χ0v) is 13.2. The maximum Gasteiger partial charge on any atom is 0.219 e. The molecule has 4 rings (SSSR count). The smallest absolute Gasteiger partial charge is 0.219 e. The number of hydrogen-bond acceptors (Lipinski definition) is 7. The van der Waals surface area contributed by atoms with Gasteiger partial charge in [-0.05, 0) is 43.2 Å². The van der Waals surface area contributed by atoms with Crippen LogP contribution in [0.15, 0.2) is 24.7 Å². The van der Waals surface area contributed by atoms with Gasteiger partial charge in [0.1, 0.15) is 5.82 Å². The second-order valence-corrected chi connectivity index (χ2v) is 6.22. The molecule has 0 spiro atoms. The summed E-state index contributed by atoms with van der Waals surface area (Å²) in [5.41, 5.74) is 9.38. The molecule has 124 valence electrons. The summed E-state index contributed by atoms with van der Waals surface area (Å²) in [7, 11) is 0. The lowest BCUT2D eigenvalue weighted by molar-refractivity contribution is 0.171. The van der Waals surface area contributed by atoms with E-state index < -0.39 is 0 Å². The molecule has 0 aromatic carbocycles. The topological polar surface area (TPSA) is 109 Å². The summed E-state index contributed by atoms with van der Waals surface area (Å²) >= 11 is 0. The predicted octanol–water partition coefficient (Wildman–Crippen LogP) is 1.52. The van der Waals surface area contributed by atoms with E-state index in [2.05, 4.69) is 20.6 Å². The first-order valence-corrected chi connectivity index (χ1v) is 8.17. The minimum Gasteiger partial charge on any atom is -0.391 e. The number of aliphatic hydroxyl groups excluding tert-OH is 1. The van der Waals surface area contributed by atoms with Gasteiger partial charge in [0, 0.05) is 30.1 Å². The van der Waals surface area contributed by atoms with Gasteiger partial charge in [0.2, 0.25) is 5.95 Å². The molecule has 7 nitrogen and oxygen atoms in total. The van der Waals surface area contributed by atoms with Crippen LogP contribution in [0, 0.1) is 0 Å². The third-order valence-electron chi connectivity index (χ3n) is 4.59. The average molecular weight is 324 g/mol. The van der Waals surface area contributed by atoms with Gasteiger partial charge in [-0.3, -0.25) is 0 Å². The van der Waals surface area contributed by atoms with Crippen LogP contribution in [0.5, 0.6) is 0 Å². The molecule has 24 heavy (non-hydrogen) atoms. The van der Waals surface area contributed by atoms with E-state index >= 15 is 0 Å². The van der Waals surface area contributed by atoms with E-state index in [-0.39, 0.29) is 18.1 Å². The third kappa shape index (κ3) is 2.78. The number of fused-ring (bicyclic) bond motifs is 1. The Balaban J connectivity index is 1.75. The van der Waals surface area contributed by atoms with Gasteiger partial charge in [0.15, 0.2) is 0 Å². The highest BCUT2D eigenvalue weighted by atomic mass is 16.3. The van der Waals surface area contributed by atoms with Crippen molar-refractivity contribution in [2.45, 2.75) is 38.0 Å². The van der Waals surface area contributed by atoms with Crippen LogP contribution in [0.2, 0.25) is 0 Å². The van der Waals surface area contributed by atoms with Gasteiger partial charge in [0.25, 0.3) is 0 Å². The molecule has 0 saturated heterocycles. The van der Waals surface area contributed by atoms with Crippen molar-refractivity contribution in [2.24, 2.45) is 0 Å². The van der Waals surface area contributed by atoms with Crippen LogP contribution in [0.3, 0.4) is 0 Å². The second-order valence-electron chi connectivity index (χ2n) is 6.22. The van der Waals surface area contributed by atoms with Crippen molar-refractivity contribution in [2.75, 3.05) is 11.1 Å². The Morgan fingerprint density at radius 2 is 2.08 bits per heavy atom. The molecule has 1 aliphatic heterocycles. The molecule has 0 radical (unpaired) electrons. The Bertz CT molecular complexity index is 773. The van der Waals surface area contributed by atoms with E-state index in [4.69, 9.17) is 10.7 Å². The maximum absolute atomic E-state index is 10.1. The molecule has 7 heteroatoms. The van der Waals surface area contributed by atoms with Crippen molar-refractivity contribution >= 4 is 17.8 Å². The summed E-state index contributed by atoms with van der Waals surface area (Å²) in [6, 6.07) is 2.07. The summed E-state index contributed by atoms with van der Waals surface area (Å²) in [4.78, 5) is 12.9. The predicted molar refractivity (Wildman–Crippen MR) is 92.8 cm³/mol. The first-order chi connectivity index (χ1) is 11.7. The van der Waals surface area contributed by atoms with Crippen LogP contribution in [-0.2, 0) is 6.54 Å². The minimum absolute atomic E-state index is 0.0467. The number of hydrogen-bond donors (Lipinski definition) is 4. The fourth-order valence-electron chi connectivity index (χ4n) is 3.26. The van der Waals surface area contributed by atoms with Crippen molar-refractivity contribution in [3.8, 4) is 11.3 Å². The van der Waals surface area contributed by atoms with Crippen molar-refractivity contribution in [1.29, 1.82) is 0 Å². The third-order valence-corrected chi connectivity index (χ3v) is 4.59. The van der Waals surface area contributed by atoms with Gasteiger partial charge < -0.3 is 21.5 Å². The van der Waals surface area contributed by atoms with E-state index in [9.17, 15) is 5.11 Å². The van der Waals surface area contributed by atoms with Gasteiger partial charge in [-0.25, -0.2) is 15.0 Å². The number of anilines is 2. The number of aliphatic hydroxyl groups is 1. The second kappa shape index (κ2) is 6.09. The Morgan fingerprint density at radius 1 is 1.25 bits per heavy atom. The number of nitrogens with two attached hydrogens (primary N) is 1. The number of aromatic nitrogens is 3. The molecule has 3 heterocycles. The number of nitrogen functional groups attached to an aromatic ring is 1. The molecule has 0 bridgehead atoms. The highest BCUT2D eigenvalue weighted by Gasteiger charge is 2.27. The summed E-state index contributed by atoms with van der Waals surface area (Å²) < 4.78 is 0. The van der Waals surface area contributed by atoms with E-state index in [0.717, 1.165) is 47.5 Å². The van der Waals surface area contributed by atoms with Gasteiger partial charge >= 0.3 is 0 Å². The average Bonchev–Trinajstić information content (AvgIpc) is 3.00. The Labute approximate surface area is 140 Å². The number of pyridine rings is 1. The van der Waals surface area contributed by atoms with Crippen LogP contribution < -0.4 is 16.4 Å². The Kier molecular flexibility index (Phi) is 3.78. The van der Waals surface area contributed by atoms with Gasteiger partial charge in [0.05, 0.1) is 17.8 Å². The first kappa shape index (κ1) is 14.9. The summed E-state index contributed by atoms with van der Waals surface area (Å²) in [5.74, 6) is 1.05. The summed E-state index contributed by atoms with van der Waals surface area (Å²) in [6.07, 6.45) is 9.81. The lowest BCUT2D eigenvalue weighted by Gasteiger charge is -2.23. The van der Waals surface area contributed by atoms with Gasteiger partial charge in [-0.15, -0.1) is 0 Å². The molecule has 1 fully saturated rings. The summed E-state index contributed by atoms with van der Waals surface area (Å²) in [6.45, 7) is 0.711. The molecule has 0 unspecified atom stereocenters. The largest absolute Gasteiger partial charge is 0.391 e. The molecule has 1 saturated carbocycles. The number of nitrogens with zero attached hydrogens (tertiary/aromatic N) is 3. The van der Waals surface area contributed by atoms with E-state index in [1.54, 1.807) is 12.4 Å². The minimum atomic E-state index is -0.321. The molecule has 5 N–H and O–H groups in total. The highest BCUT2D eigenvalue weighted by molar-refractivity contribution is 5.71. The summed E-state index contributed by atoms with van der Waals surface area (Å²) in [5, 5.41) is 16.8. The highest BCUT2D eigenvalue weighted by Crippen LogP contribution is 2.30. The fraction of sp³-hybridized carbons (Fsp3) is 0.353. The Hall–Kier alpha value is -2.67. The van der Waals surface area contributed by atoms with Crippen molar-refractivity contribution < 1.29 is 5.11 Å². The molecule has 2 aromatic heterocycles. The molecular formula is C17H20N6O. The van der Waals surface area contributed by atoms with Gasteiger partial charge in [-0.1, -0.05) is 0 Å². The van der Waals surface area contributed by atoms with Crippen molar-refractivity contribution in [3.05, 3.63) is 35.8 Å². The van der Waals surface area contributed by atoms with E-state index in [1.807, 2.05) is 18.3 Å². The molecule has 0 amide bonds. The van der Waals surface area contributed by atoms with E-state index in [1.165, 1.54) is 0 Å². The van der Waals surface area contributed by atoms with Crippen LogP contribution in [-0.4, -0.2) is 32.2 Å². The molecule has 2 atom stereocenters. The standard InChI is InChI=1S/C17H20N6O/c18-17-20-7-11(8-21-17)14-6-10-4-5-19-9-12(10)16(23-14)22-13-2-1-3-15(13)24/h4-8,13,15,19,24H,1-3,9H2,(H,22,23)(H2,18,20,21)/t13-,15+/m0/s1. The lowest BCUT2D eigenvalue weighted by atomic mass is 10.0.